The molecule has 2 heterocycles. The first-order chi connectivity index (χ1) is 8.63. The number of primary amides is 1. The second-order valence-corrected chi connectivity index (χ2v) is 3.34. The van der Waals surface area contributed by atoms with Crippen LogP contribution in [0.4, 0.5) is 10.7 Å². The third-order valence-electron chi connectivity index (χ3n) is 2.28. The minimum Gasteiger partial charge on any atom is -0.479 e. The van der Waals surface area contributed by atoms with Gasteiger partial charge in [0.1, 0.15) is 12.9 Å². The normalized spacial score (nSPS) is 10.5. The Morgan fingerprint density at radius 2 is 2.28 bits per heavy atom. The van der Waals surface area contributed by atoms with Crippen molar-refractivity contribution in [3.63, 3.8) is 0 Å². The van der Waals surface area contributed by atoms with Gasteiger partial charge in [0.25, 0.3) is 0 Å². The summed E-state index contributed by atoms with van der Waals surface area (Å²) in [5, 5.41) is 0. The molecule has 4 N–H and O–H groups in total. The highest BCUT2D eigenvalue weighted by molar-refractivity contribution is 5.78. The molecule has 0 fully saturated rings. The summed E-state index contributed by atoms with van der Waals surface area (Å²) in [4.78, 5) is 22.6. The molecule has 0 saturated heterocycles. The van der Waals surface area contributed by atoms with Gasteiger partial charge in [-0.15, -0.1) is 0 Å². The zero-order chi connectivity index (χ0) is 13.1. The lowest BCUT2D eigenvalue weighted by atomic mass is 10.5. The Labute approximate surface area is 102 Å². The van der Waals surface area contributed by atoms with Crippen LogP contribution in [0.3, 0.4) is 0 Å². The molecule has 9 nitrogen and oxygen atoms in total. The van der Waals surface area contributed by atoms with Gasteiger partial charge in [-0.2, -0.15) is 4.98 Å². The molecule has 18 heavy (non-hydrogen) atoms. The van der Waals surface area contributed by atoms with E-state index < -0.39 is 6.09 Å². The maximum Gasteiger partial charge on any atom is 0.404 e. The SMILES string of the molecule is COc1ncnc2c1nc(N)n2CCOC(N)=O. The van der Waals surface area contributed by atoms with Gasteiger partial charge in [0.15, 0.2) is 11.2 Å². The van der Waals surface area contributed by atoms with E-state index >= 15 is 0 Å². The molecular formula is C9H12N6O3. The Kier molecular flexibility index (Phi) is 3.13. The summed E-state index contributed by atoms with van der Waals surface area (Å²) in [6.45, 7) is 0.378. The van der Waals surface area contributed by atoms with Crippen LogP contribution in [-0.4, -0.2) is 39.3 Å². The van der Waals surface area contributed by atoms with Gasteiger partial charge in [-0.3, -0.25) is 4.57 Å². The maximum atomic E-state index is 10.5. The molecule has 9 heteroatoms. The van der Waals surface area contributed by atoms with Crippen LogP contribution in [0.2, 0.25) is 0 Å². The maximum absolute atomic E-state index is 10.5. The predicted octanol–water partition coefficient (Wildman–Crippen LogP) is -0.488. The topological polar surface area (TPSA) is 131 Å². The van der Waals surface area contributed by atoms with E-state index in [9.17, 15) is 4.79 Å². The highest BCUT2D eigenvalue weighted by Gasteiger charge is 2.14. The molecule has 0 aliphatic carbocycles. The number of hydrogen-bond donors (Lipinski definition) is 2. The molecule has 1 amide bonds. The van der Waals surface area contributed by atoms with E-state index in [1.54, 1.807) is 4.57 Å². The summed E-state index contributed by atoms with van der Waals surface area (Å²) >= 11 is 0. The molecule has 0 aromatic carbocycles. The zero-order valence-corrected chi connectivity index (χ0v) is 9.66. The Morgan fingerprint density at radius 1 is 1.50 bits per heavy atom. The van der Waals surface area contributed by atoms with Crippen LogP contribution in [-0.2, 0) is 11.3 Å². The van der Waals surface area contributed by atoms with E-state index in [4.69, 9.17) is 16.2 Å². The first-order valence-corrected chi connectivity index (χ1v) is 5.06. The van der Waals surface area contributed by atoms with Gasteiger partial charge in [-0.1, -0.05) is 0 Å². The van der Waals surface area contributed by atoms with Gasteiger partial charge in [-0.25, -0.2) is 14.8 Å². The van der Waals surface area contributed by atoms with Crippen molar-refractivity contribution < 1.29 is 14.3 Å². The number of carbonyl (C=O) groups excluding carboxylic acids is 1. The Hall–Kier alpha value is -2.58. The van der Waals surface area contributed by atoms with Gasteiger partial charge in [-0.05, 0) is 0 Å². The largest absolute Gasteiger partial charge is 0.479 e. The van der Waals surface area contributed by atoms with E-state index in [1.165, 1.54) is 13.4 Å². The lowest BCUT2D eigenvalue weighted by molar-refractivity contribution is 0.153. The third-order valence-corrected chi connectivity index (χ3v) is 2.28. The van der Waals surface area contributed by atoms with E-state index in [0.29, 0.717) is 23.6 Å². The Morgan fingerprint density at radius 3 is 2.94 bits per heavy atom. The Balaban J connectivity index is 2.32. The molecule has 0 unspecified atom stereocenters. The number of methoxy groups -OCH3 is 1. The lowest BCUT2D eigenvalue weighted by Gasteiger charge is -2.05. The highest BCUT2D eigenvalue weighted by atomic mass is 16.5. The zero-order valence-electron chi connectivity index (χ0n) is 9.66. The van der Waals surface area contributed by atoms with Gasteiger partial charge in [0.2, 0.25) is 11.8 Å². The number of nitrogens with two attached hydrogens (primary N) is 2. The lowest BCUT2D eigenvalue weighted by Crippen LogP contribution is -2.17. The molecule has 2 aromatic heterocycles. The predicted molar refractivity (Wildman–Crippen MR) is 61.8 cm³/mol. The van der Waals surface area contributed by atoms with Crippen molar-refractivity contribution in [2.45, 2.75) is 6.54 Å². The van der Waals surface area contributed by atoms with Crippen molar-refractivity contribution in [1.82, 2.24) is 19.5 Å². The van der Waals surface area contributed by atoms with Crippen molar-refractivity contribution in [3.8, 4) is 5.88 Å². The number of carbonyl (C=O) groups is 1. The number of amides is 1. The van der Waals surface area contributed by atoms with Gasteiger partial charge >= 0.3 is 6.09 Å². The fourth-order valence-electron chi connectivity index (χ4n) is 1.54. The van der Waals surface area contributed by atoms with Gasteiger partial charge < -0.3 is 20.9 Å². The molecule has 0 spiro atoms. The number of aromatic nitrogens is 4. The second kappa shape index (κ2) is 4.73. The third kappa shape index (κ3) is 2.10. The van der Waals surface area contributed by atoms with Crippen molar-refractivity contribution in [1.29, 1.82) is 0 Å². The quantitative estimate of drug-likeness (QED) is 0.750. The smallest absolute Gasteiger partial charge is 0.404 e. The molecule has 2 rings (SSSR count). The van der Waals surface area contributed by atoms with Crippen LogP contribution in [0.5, 0.6) is 5.88 Å². The summed E-state index contributed by atoms with van der Waals surface area (Å²) in [7, 11) is 1.48. The van der Waals surface area contributed by atoms with Crippen LogP contribution >= 0.6 is 0 Å². The first-order valence-electron chi connectivity index (χ1n) is 5.06. The van der Waals surface area contributed by atoms with E-state index in [1.807, 2.05) is 0 Å². The van der Waals surface area contributed by atoms with Gasteiger partial charge in [0, 0.05) is 0 Å². The van der Waals surface area contributed by atoms with Crippen LogP contribution in [0.15, 0.2) is 6.33 Å². The summed E-state index contributed by atoms with van der Waals surface area (Å²) < 4.78 is 11.3. The van der Waals surface area contributed by atoms with E-state index in [2.05, 4.69) is 19.7 Å². The molecule has 2 aromatic rings. The minimum absolute atomic E-state index is 0.0807. The number of anilines is 1. The summed E-state index contributed by atoms with van der Waals surface area (Å²) in [5.74, 6) is 0.568. The fraction of sp³-hybridized carbons (Fsp3) is 0.333. The average Bonchev–Trinajstić information content (AvgIpc) is 2.65. The van der Waals surface area contributed by atoms with Crippen LogP contribution < -0.4 is 16.2 Å². The number of fused-ring (bicyclic) bond motifs is 1. The molecule has 0 radical (unpaired) electrons. The molecule has 0 aliphatic heterocycles. The number of hydrogen-bond acceptors (Lipinski definition) is 7. The standard InChI is InChI=1S/C9H12N6O3/c1-17-7-5-6(12-4-13-7)15(8(10)14-5)2-3-18-9(11)16/h4H,2-3H2,1H3,(H2,10,14)(H2,11,16). The van der Waals surface area contributed by atoms with Gasteiger partial charge in [0.05, 0.1) is 13.7 Å². The number of ether oxygens (including phenoxy) is 2. The number of nitrogens with zero attached hydrogens (tertiary/aromatic N) is 4. The van der Waals surface area contributed by atoms with E-state index in [-0.39, 0.29) is 12.6 Å². The van der Waals surface area contributed by atoms with Crippen LogP contribution in [0.1, 0.15) is 0 Å². The molecule has 96 valence electrons. The molecular weight excluding hydrogens is 240 g/mol. The van der Waals surface area contributed by atoms with Crippen LogP contribution in [0.25, 0.3) is 11.2 Å². The molecule has 0 saturated carbocycles. The summed E-state index contributed by atoms with van der Waals surface area (Å²) in [6.07, 6.45) is 0.499. The average molecular weight is 252 g/mol. The number of rotatable bonds is 4. The van der Waals surface area contributed by atoms with E-state index in [0.717, 1.165) is 0 Å². The van der Waals surface area contributed by atoms with Crippen molar-refractivity contribution >= 4 is 23.2 Å². The number of imidazole rings is 1. The first kappa shape index (κ1) is 11.9. The molecule has 0 atom stereocenters. The Bertz CT molecular complexity index is 581. The van der Waals surface area contributed by atoms with Crippen molar-refractivity contribution in [3.05, 3.63) is 6.33 Å². The number of nitrogen functional groups attached to an aromatic ring is 1. The summed E-state index contributed by atoms with van der Waals surface area (Å²) in [5.41, 5.74) is 11.6. The fourth-order valence-corrected chi connectivity index (χ4v) is 1.54. The molecule has 0 bridgehead atoms. The summed E-state index contributed by atoms with van der Waals surface area (Å²) in [6, 6.07) is 0. The second-order valence-electron chi connectivity index (χ2n) is 3.34. The highest BCUT2D eigenvalue weighted by Crippen LogP contribution is 2.22. The minimum atomic E-state index is -0.842. The van der Waals surface area contributed by atoms with Crippen LogP contribution in [0, 0.1) is 0 Å². The monoisotopic (exact) mass is 252 g/mol. The van der Waals surface area contributed by atoms with Crippen molar-refractivity contribution in [2.75, 3.05) is 19.5 Å². The molecule has 0 aliphatic rings. The van der Waals surface area contributed by atoms with Crippen molar-refractivity contribution in [2.24, 2.45) is 5.73 Å².